The van der Waals surface area contributed by atoms with Crippen molar-refractivity contribution < 1.29 is 9.53 Å². The zero-order chi connectivity index (χ0) is 21.2. The molecule has 7 nitrogen and oxygen atoms in total. The topological polar surface area (TPSA) is 84.0 Å². The van der Waals surface area contributed by atoms with Crippen LogP contribution in [0, 0.1) is 0 Å². The highest BCUT2D eigenvalue weighted by atomic mass is 32.1. The SMILES string of the molecule is CO[C@H]1C[C@H](c2ncc(-c3cccnc3)[nH]2)N(C(=O)c2cnc(-c3ccccc3)s2)C1. The largest absolute Gasteiger partial charge is 0.380 e. The molecule has 1 aliphatic rings. The number of nitrogens with one attached hydrogen (secondary N) is 1. The van der Waals surface area contributed by atoms with E-state index in [0.29, 0.717) is 17.8 Å². The fraction of sp³-hybridized carbons (Fsp3) is 0.217. The molecule has 0 unspecified atom stereocenters. The van der Waals surface area contributed by atoms with Crippen molar-refractivity contribution in [2.24, 2.45) is 0 Å². The molecule has 1 aliphatic heterocycles. The Balaban J connectivity index is 1.42. The molecule has 156 valence electrons. The molecule has 0 aliphatic carbocycles. The molecular weight excluding hydrogens is 410 g/mol. The van der Waals surface area contributed by atoms with E-state index in [4.69, 9.17) is 4.74 Å². The molecule has 4 heterocycles. The Hall–Kier alpha value is -3.36. The normalized spacial score (nSPS) is 18.4. The number of hydrogen-bond acceptors (Lipinski definition) is 6. The van der Waals surface area contributed by atoms with E-state index in [1.54, 1.807) is 31.9 Å². The Morgan fingerprint density at radius 2 is 1.94 bits per heavy atom. The molecule has 5 rings (SSSR count). The smallest absolute Gasteiger partial charge is 0.266 e. The van der Waals surface area contributed by atoms with E-state index in [1.165, 1.54) is 11.3 Å². The molecule has 1 N–H and O–H groups in total. The minimum absolute atomic E-state index is 0.0394. The summed E-state index contributed by atoms with van der Waals surface area (Å²) >= 11 is 1.41. The van der Waals surface area contributed by atoms with Gasteiger partial charge in [0.05, 0.1) is 30.2 Å². The molecule has 3 aromatic heterocycles. The van der Waals surface area contributed by atoms with E-state index in [0.717, 1.165) is 27.7 Å². The molecule has 0 radical (unpaired) electrons. The van der Waals surface area contributed by atoms with Crippen LogP contribution in [0.15, 0.2) is 67.3 Å². The predicted octanol–water partition coefficient (Wildman–Crippen LogP) is 4.20. The number of methoxy groups -OCH3 is 1. The Morgan fingerprint density at radius 1 is 1.10 bits per heavy atom. The summed E-state index contributed by atoms with van der Waals surface area (Å²) in [5.41, 5.74) is 2.84. The fourth-order valence-corrected chi connectivity index (χ4v) is 4.73. The van der Waals surface area contributed by atoms with Crippen molar-refractivity contribution in [1.82, 2.24) is 24.8 Å². The number of thiazole rings is 1. The van der Waals surface area contributed by atoms with Gasteiger partial charge in [-0.1, -0.05) is 30.3 Å². The van der Waals surface area contributed by atoms with Gasteiger partial charge in [0.2, 0.25) is 0 Å². The summed E-state index contributed by atoms with van der Waals surface area (Å²) in [6.07, 6.45) is 7.62. The third-order valence-corrected chi connectivity index (χ3v) is 6.51. The van der Waals surface area contributed by atoms with E-state index in [2.05, 4.69) is 19.9 Å². The first kappa shape index (κ1) is 19.6. The van der Waals surface area contributed by atoms with Gasteiger partial charge in [-0.05, 0) is 12.1 Å². The highest BCUT2D eigenvalue weighted by Crippen LogP contribution is 2.35. The predicted molar refractivity (Wildman–Crippen MR) is 119 cm³/mol. The van der Waals surface area contributed by atoms with Crippen molar-refractivity contribution in [3.63, 3.8) is 0 Å². The average molecular weight is 432 g/mol. The first-order chi connectivity index (χ1) is 15.2. The number of amides is 1. The number of imidazole rings is 1. The van der Waals surface area contributed by atoms with Gasteiger partial charge in [0.25, 0.3) is 5.91 Å². The zero-order valence-electron chi connectivity index (χ0n) is 16.9. The van der Waals surface area contributed by atoms with Crippen molar-refractivity contribution in [2.75, 3.05) is 13.7 Å². The number of carbonyl (C=O) groups excluding carboxylic acids is 1. The molecule has 0 bridgehead atoms. The van der Waals surface area contributed by atoms with E-state index in [-0.39, 0.29) is 18.1 Å². The second-order valence-corrected chi connectivity index (χ2v) is 8.42. The summed E-state index contributed by atoms with van der Waals surface area (Å²) in [6, 6.07) is 13.6. The van der Waals surface area contributed by atoms with Crippen LogP contribution in [0.2, 0.25) is 0 Å². The number of likely N-dealkylation sites (tertiary alicyclic amines) is 1. The maximum absolute atomic E-state index is 13.4. The molecule has 4 aromatic rings. The first-order valence-electron chi connectivity index (χ1n) is 10.0. The Kier molecular flexibility index (Phi) is 5.31. The van der Waals surface area contributed by atoms with Gasteiger partial charge in [0.15, 0.2) is 0 Å². The van der Waals surface area contributed by atoms with Crippen LogP contribution in [0.4, 0.5) is 0 Å². The van der Waals surface area contributed by atoms with Crippen LogP contribution in [0.1, 0.15) is 28.0 Å². The number of aromatic nitrogens is 4. The lowest BCUT2D eigenvalue weighted by Crippen LogP contribution is -2.32. The quantitative estimate of drug-likeness (QED) is 0.512. The number of hydrogen-bond donors (Lipinski definition) is 1. The summed E-state index contributed by atoms with van der Waals surface area (Å²) in [5, 5.41) is 0.833. The van der Waals surface area contributed by atoms with Crippen LogP contribution < -0.4 is 0 Å². The number of benzene rings is 1. The third-order valence-electron chi connectivity index (χ3n) is 5.48. The number of H-pyrrole nitrogens is 1. The van der Waals surface area contributed by atoms with Crippen LogP contribution in [0.3, 0.4) is 0 Å². The molecule has 1 fully saturated rings. The summed E-state index contributed by atoms with van der Waals surface area (Å²) in [4.78, 5) is 32.4. The van der Waals surface area contributed by atoms with Gasteiger partial charge in [-0.3, -0.25) is 9.78 Å². The van der Waals surface area contributed by atoms with Crippen molar-refractivity contribution in [3.8, 4) is 21.8 Å². The maximum atomic E-state index is 13.4. The van der Waals surface area contributed by atoms with E-state index in [9.17, 15) is 4.79 Å². The number of carbonyl (C=O) groups is 1. The number of aromatic amines is 1. The summed E-state index contributed by atoms with van der Waals surface area (Å²) < 4.78 is 5.59. The lowest BCUT2D eigenvalue weighted by molar-refractivity contribution is 0.0689. The third kappa shape index (κ3) is 3.87. The monoisotopic (exact) mass is 431 g/mol. The summed E-state index contributed by atoms with van der Waals surface area (Å²) in [7, 11) is 1.68. The second-order valence-electron chi connectivity index (χ2n) is 7.39. The maximum Gasteiger partial charge on any atom is 0.266 e. The highest BCUT2D eigenvalue weighted by molar-refractivity contribution is 7.16. The first-order valence-corrected chi connectivity index (χ1v) is 10.8. The van der Waals surface area contributed by atoms with Crippen LogP contribution in [-0.2, 0) is 4.74 Å². The molecule has 1 aromatic carbocycles. The van der Waals surface area contributed by atoms with Gasteiger partial charge in [0.1, 0.15) is 15.7 Å². The van der Waals surface area contributed by atoms with Gasteiger partial charge in [-0.15, -0.1) is 11.3 Å². The van der Waals surface area contributed by atoms with E-state index >= 15 is 0 Å². The molecule has 1 saturated heterocycles. The Bertz CT molecular complexity index is 1170. The zero-order valence-corrected chi connectivity index (χ0v) is 17.7. The average Bonchev–Trinajstić information content (AvgIpc) is 3.59. The van der Waals surface area contributed by atoms with Gasteiger partial charge in [0, 0.05) is 43.6 Å². The van der Waals surface area contributed by atoms with Crippen molar-refractivity contribution >= 4 is 17.2 Å². The Morgan fingerprint density at radius 3 is 2.71 bits per heavy atom. The number of ether oxygens (including phenoxy) is 1. The fourth-order valence-electron chi connectivity index (χ4n) is 3.86. The molecule has 1 amide bonds. The number of rotatable bonds is 5. The molecule has 8 heteroatoms. The van der Waals surface area contributed by atoms with Crippen molar-refractivity contribution in [2.45, 2.75) is 18.6 Å². The molecular formula is C23H21N5O2S. The number of nitrogens with zero attached hydrogens (tertiary/aromatic N) is 4. The van der Waals surface area contributed by atoms with Crippen LogP contribution in [-0.4, -0.2) is 50.5 Å². The van der Waals surface area contributed by atoms with Gasteiger partial charge in [-0.2, -0.15) is 0 Å². The van der Waals surface area contributed by atoms with Gasteiger partial charge >= 0.3 is 0 Å². The number of pyridine rings is 1. The lowest BCUT2D eigenvalue weighted by Gasteiger charge is -2.22. The van der Waals surface area contributed by atoms with Gasteiger partial charge < -0.3 is 14.6 Å². The van der Waals surface area contributed by atoms with Crippen LogP contribution >= 0.6 is 11.3 Å². The molecule has 31 heavy (non-hydrogen) atoms. The van der Waals surface area contributed by atoms with E-state index in [1.807, 2.05) is 47.4 Å². The van der Waals surface area contributed by atoms with Crippen molar-refractivity contribution in [1.29, 1.82) is 0 Å². The second kappa shape index (κ2) is 8.41. The minimum Gasteiger partial charge on any atom is -0.380 e. The minimum atomic E-state index is -0.190. The molecule has 2 atom stereocenters. The van der Waals surface area contributed by atoms with Crippen LogP contribution in [0.25, 0.3) is 21.8 Å². The Labute approximate surface area is 183 Å². The van der Waals surface area contributed by atoms with Crippen molar-refractivity contribution in [3.05, 3.63) is 78.0 Å². The molecule has 0 saturated carbocycles. The lowest BCUT2D eigenvalue weighted by atomic mass is 10.2. The van der Waals surface area contributed by atoms with Crippen LogP contribution in [0.5, 0.6) is 0 Å². The highest BCUT2D eigenvalue weighted by Gasteiger charge is 2.39. The standard InChI is InChI=1S/C23H21N5O2S/c1-30-17-10-19(21-25-12-18(27-21)16-8-5-9-24-11-16)28(14-17)23(29)20-13-26-22(31-20)15-6-3-2-4-7-15/h2-9,11-13,17,19H,10,14H2,1H3,(H,25,27)/t17-,19+/m0/s1. The van der Waals surface area contributed by atoms with E-state index < -0.39 is 0 Å². The summed E-state index contributed by atoms with van der Waals surface area (Å²) in [6.45, 7) is 0.515. The summed E-state index contributed by atoms with van der Waals surface area (Å²) in [5.74, 6) is 0.697. The molecule has 0 spiro atoms. The van der Waals surface area contributed by atoms with Gasteiger partial charge in [-0.25, -0.2) is 9.97 Å².